The summed E-state index contributed by atoms with van der Waals surface area (Å²) in [5.74, 6) is 0.613. The largest absolute Gasteiger partial charge is 0.384 e. The van der Waals surface area contributed by atoms with Crippen molar-refractivity contribution in [3.63, 3.8) is 0 Å². The fraction of sp³-hybridized carbons (Fsp3) is 0. The number of rotatable bonds is 0. The SMILES string of the molecule is C#C.Nc1ccnc(N)n1. The van der Waals surface area contributed by atoms with Gasteiger partial charge < -0.3 is 11.5 Å². The number of anilines is 2. The van der Waals surface area contributed by atoms with Gasteiger partial charge in [0.2, 0.25) is 5.95 Å². The molecule has 1 aromatic rings. The Kier molecular flexibility index (Phi) is 3.42. The average molecular weight is 136 g/mol. The molecule has 0 aromatic carbocycles. The molecule has 0 aliphatic heterocycles. The quantitative estimate of drug-likeness (QED) is 0.488. The maximum Gasteiger partial charge on any atom is 0.221 e. The molecule has 0 radical (unpaired) electrons. The van der Waals surface area contributed by atoms with Crippen LogP contribution >= 0.6 is 0 Å². The molecule has 4 heteroatoms. The molecular weight excluding hydrogens is 128 g/mol. The van der Waals surface area contributed by atoms with E-state index in [2.05, 4.69) is 22.8 Å². The molecule has 52 valence electrons. The van der Waals surface area contributed by atoms with Gasteiger partial charge in [-0.2, -0.15) is 4.98 Å². The molecule has 0 aliphatic rings. The van der Waals surface area contributed by atoms with E-state index in [1.807, 2.05) is 0 Å². The molecule has 0 aliphatic carbocycles. The van der Waals surface area contributed by atoms with Crippen LogP contribution in [0.1, 0.15) is 0 Å². The van der Waals surface area contributed by atoms with Crippen molar-refractivity contribution >= 4 is 11.8 Å². The third-order valence-corrected chi connectivity index (χ3v) is 0.696. The lowest BCUT2D eigenvalue weighted by Gasteiger charge is -1.89. The van der Waals surface area contributed by atoms with Crippen molar-refractivity contribution in [2.24, 2.45) is 0 Å². The Bertz CT molecular complexity index is 201. The highest BCUT2D eigenvalue weighted by Crippen LogP contribution is 1.94. The maximum absolute atomic E-state index is 5.23. The number of terminal acetylenes is 1. The summed E-state index contributed by atoms with van der Waals surface area (Å²) in [6.07, 6.45) is 9.51. The molecule has 0 saturated carbocycles. The number of hydrogen-bond donors (Lipinski definition) is 2. The van der Waals surface area contributed by atoms with Crippen LogP contribution in [-0.2, 0) is 0 Å². The van der Waals surface area contributed by atoms with Crippen molar-refractivity contribution in [2.75, 3.05) is 11.5 Å². The highest BCUT2D eigenvalue weighted by Gasteiger charge is 1.84. The Balaban J connectivity index is 0.000000371. The number of nitrogens with zero attached hydrogens (tertiary/aromatic N) is 2. The lowest BCUT2D eigenvalue weighted by Crippen LogP contribution is -1.96. The van der Waals surface area contributed by atoms with Crippen LogP contribution in [0.3, 0.4) is 0 Å². The van der Waals surface area contributed by atoms with Gasteiger partial charge in [0.15, 0.2) is 0 Å². The van der Waals surface area contributed by atoms with Crippen molar-refractivity contribution in [1.29, 1.82) is 0 Å². The van der Waals surface area contributed by atoms with Crippen LogP contribution in [0.5, 0.6) is 0 Å². The summed E-state index contributed by atoms with van der Waals surface area (Å²) < 4.78 is 0. The van der Waals surface area contributed by atoms with E-state index in [1.165, 1.54) is 6.20 Å². The van der Waals surface area contributed by atoms with Gasteiger partial charge in [0.1, 0.15) is 5.82 Å². The predicted octanol–water partition coefficient (Wildman–Crippen LogP) is -0.110. The van der Waals surface area contributed by atoms with E-state index in [9.17, 15) is 0 Å². The highest BCUT2D eigenvalue weighted by atomic mass is 15.0. The van der Waals surface area contributed by atoms with Gasteiger partial charge in [-0.1, -0.05) is 0 Å². The van der Waals surface area contributed by atoms with Crippen LogP contribution < -0.4 is 11.5 Å². The van der Waals surface area contributed by atoms with E-state index in [-0.39, 0.29) is 5.95 Å². The third-order valence-electron chi connectivity index (χ3n) is 0.696. The van der Waals surface area contributed by atoms with E-state index >= 15 is 0 Å². The third kappa shape index (κ3) is 2.52. The topological polar surface area (TPSA) is 77.8 Å². The smallest absolute Gasteiger partial charge is 0.221 e. The van der Waals surface area contributed by atoms with Crippen LogP contribution in [-0.4, -0.2) is 9.97 Å². The zero-order valence-electron chi connectivity index (χ0n) is 5.36. The molecule has 1 heterocycles. The Morgan fingerprint density at radius 2 is 1.90 bits per heavy atom. The van der Waals surface area contributed by atoms with Crippen molar-refractivity contribution < 1.29 is 0 Å². The van der Waals surface area contributed by atoms with Crippen LogP contribution in [0.25, 0.3) is 0 Å². The molecule has 0 bridgehead atoms. The molecule has 0 spiro atoms. The van der Waals surface area contributed by atoms with Gasteiger partial charge in [-0.25, -0.2) is 4.98 Å². The molecule has 0 saturated heterocycles. The van der Waals surface area contributed by atoms with Crippen molar-refractivity contribution in [2.45, 2.75) is 0 Å². The minimum Gasteiger partial charge on any atom is -0.384 e. The number of nitrogen functional groups attached to an aromatic ring is 2. The monoisotopic (exact) mass is 136 g/mol. The van der Waals surface area contributed by atoms with E-state index < -0.39 is 0 Å². The first-order valence-electron chi connectivity index (χ1n) is 2.46. The molecule has 1 rings (SSSR count). The molecule has 0 amide bonds. The highest BCUT2D eigenvalue weighted by molar-refractivity contribution is 5.31. The van der Waals surface area contributed by atoms with Crippen molar-refractivity contribution in [3.05, 3.63) is 12.3 Å². The fourth-order valence-electron chi connectivity index (χ4n) is 0.388. The predicted molar refractivity (Wildman–Crippen MR) is 40.7 cm³/mol. The molecule has 0 unspecified atom stereocenters. The molecule has 10 heavy (non-hydrogen) atoms. The Morgan fingerprint density at radius 1 is 1.30 bits per heavy atom. The van der Waals surface area contributed by atoms with Crippen LogP contribution in [0.15, 0.2) is 12.3 Å². The summed E-state index contributed by atoms with van der Waals surface area (Å²) in [6, 6.07) is 1.58. The first-order valence-corrected chi connectivity index (χ1v) is 2.46. The van der Waals surface area contributed by atoms with Crippen LogP contribution in [0.2, 0.25) is 0 Å². The van der Waals surface area contributed by atoms with E-state index in [0.717, 1.165) is 0 Å². The summed E-state index contributed by atoms with van der Waals surface area (Å²) >= 11 is 0. The number of hydrogen-bond acceptors (Lipinski definition) is 4. The molecule has 4 N–H and O–H groups in total. The number of nitrogens with two attached hydrogens (primary N) is 2. The van der Waals surface area contributed by atoms with Gasteiger partial charge in [0.25, 0.3) is 0 Å². The summed E-state index contributed by atoms with van der Waals surface area (Å²) in [7, 11) is 0. The Labute approximate surface area is 59.3 Å². The van der Waals surface area contributed by atoms with Gasteiger partial charge >= 0.3 is 0 Å². The summed E-state index contributed by atoms with van der Waals surface area (Å²) in [5, 5.41) is 0. The van der Waals surface area contributed by atoms with Gasteiger partial charge in [-0.3, -0.25) is 0 Å². The zero-order valence-corrected chi connectivity index (χ0v) is 5.36. The maximum atomic E-state index is 5.23. The van der Waals surface area contributed by atoms with Crippen LogP contribution in [0, 0.1) is 12.8 Å². The second-order valence-electron chi connectivity index (χ2n) is 1.34. The van der Waals surface area contributed by atoms with Gasteiger partial charge in [0.05, 0.1) is 0 Å². The first-order chi connectivity index (χ1) is 4.79. The molecule has 0 atom stereocenters. The zero-order chi connectivity index (χ0) is 7.98. The van der Waals surface area contributed by atoms with Crippen molar-refractivity contribution in [3.8, 4) is 12.8 Å². The minimum atomic E-state index is 0.213. The van der Waals surface area contributed by atoms with E-state index in [1.54, 1.807) is 6.07 Å². The second kappa shape index (κ2) is 4.15. The molecule has 1 aromatic heterocycles. The average Bonchev–Trinajstić information content (AvgIpc) is 1.91. The molecular formula is C6H8N4. The molecule has 0 fully saturated rings. The normalized spacial score (nSPS) is 7.40. The Hall–Kier alpha value is -1.76. The van der Waals surface area contributed by atoms with Crippen LogP contribution in [0.4, 0.5) is 11.8 Å². The lowest BCUT2D eigenvalue weighted by atomic mass is 10.6. The second-order valence-corrected chi connectivity index (χ2v) is 1.34. The Morgan fingerprint density at radius 3 is 2.20 bits per heavy atom. The summed E-state index contributed by atoms with van der Waals surface area (Å²) in [4.78, 5) is 7.24. The minimum absolute atomic E-state index is 0.213. The summed E-state index contributed by atoms with van der Waals surface area (Å²) in [6.45, 7) is 0. The number of aromatic nitrogens is 2. The fourth-order valence-corrected chi connectivity index (χ4v) is 0.388. The van der Waals surface area contributed by atoms with Gasteiger partial charge in [-0.05, 0) is 6.07 Å². The standard InChI is InChI=1S/C4H6N4.C2H2/c5-3-1-2-7-4(6)8-3;1-2/h1-2H,(H4,5,6,7,8);1-2H. The van der Waals surface area contributed by atoms with E-state index in [4.69, 9.17) is 11.5 Å². The van der Waals surface area contributed by atoms with Gasteiger partial charge in [0, 0.05) is 6.20 Å². The first kappa shape index (κ1) is 8.24. The molecule has 4 nitrogen and oxygen atoms in total. The lowest BCUT2D eigenvalue weighted by molar-refractivity contribution is 1.19. The van der Waals surface area contributed by atoms with E-state index in [0.29, 0.717) is 5.82 Å². The van der Waals surface area contributed by atoms with Crippen molar-refractivity contribution in [1.82, 2.24) is 9.97 Å². The van der Waals surface area contributed by atoms with Gasteiger partial charge in [-0.15, -0.1) is 12.8 Å². The summed E-state index contributed by atoms with van der Waals surface area (Å²) in [5.41, 5.74) is 10.4.